The molecule has 0 N–H and O–H groups in total. The molecule has 0 radical (unpaired) electrons. The maximum absolute atomic E-state index is 5.65. The van der Waals surface area contributed by atoms with Gasteiger partial charge in [-0.15, -0.1) is 0 Å². The second-order valence-corrected chi connectivity index (χ2v) is 4.94. The van der Waals surface area contributed by atoms with E-state index in [1.807, 2.05) is 6.20 Å². The number of hydrogen-bond acceptors (Lipinski definition) is 2. The fraction of sp³-hybridized carbons (Fsp3) is 0.615. The standard InChI is InChI=1S/C13H19NO/c1-8(2)10-5-6-14-13-12(10)11(7-15-13)9(3)4/h5-6,8-9,11H,7H2,1-4H3. The van der Waals surface area contributed by atoms with Crippen molar-refractivity contribution in [1.82, 2.24) is 4.98 Å². The molecule has 1 atom stereocenters. The van der Waals surface area contributed by atoms with Gasteiger partial charge < -0.3 is 4.74 Å². The minimum atomic E-state index is 0.520. The summed E-state index contributed by atoms with van der Waals surface area (Å²) < 4.78 is 5.65. The highest BCUT2D eigenvalue weighted by atomic mass is 16.5. The van der Waals surface area contributed by atoms with Crippen molar-refractivity contribution in [3.05, 3.63) is 23.4 Å². The molecule has 2 heterocycles. The van der Waals surface area contributed by atoms with Crippen LogP contribution in [-0.4, -0.2) is 11.6 Å². The molecule has 0 fully saturated rings. The fourth-order valence-electron chi connectivity index (χ4n) is 2.24. The molecule has 0 bridgehead atoms. The average Bonchev–Trinajstić information content (AvgIpc) is 2.60. The van der Waals surface area contributed by atoms with Crippen molar-refractivity contribution < 1.29 is 4.74 Å². The van der Waals surface area contributed by atoms with E-state index in [9.17, 15) is 0 Å². The van der Waals surface area contributed by atoms with Crippen LogP contribution in [0.5, 0.6) is 5.88 Å². The molecular formula is C13H19NO. The lowest BCUT2D eigenvalue weighted by atomic mass is 9.85. The topological polar surface area (TPSA) is 22.1 Å². The van der Waals surface area contributed by atoms with Gasteiger partial charge in [-0.2, -0.15) is 0 Å². The van der Waals surface area contributed by atoms with Gasteiger partial charge in [0.25, 0.3) is 0 Å². The molecule has 0 saturated heterocycles. The van der Waals surface area contributed by atoms with Gasteiger partial charge in [0.2, 0.25) is 5.88 Å². The first-order valence-corrected chi connectivity index (χ1v) is 5.72. The minimum absolute atomic E-state index is 0.520. The van der Waals surface area contributed by atoms with Crippen LogP contribution in [-0.2, 0) is 0 Å². The minimum Gasteiger partial charge on any atom is -0.477 e. The van der Waals surface area contributed by atoms with Crippen molar-refractivity contribution in [2.75, 3.05) is 6.61 Å². The van der Waals surface area contributed by atoms with E-state index in [1.165, 1.54) is 11.1 Å². The zero-order valence-electron chi connectivity index (χ0n) is 9.95. The molecule has 1 aromatic heterocycles. The Morgan fingerprint density at radius 2 is 2.07 bits per heavy atom. The van der Waals surface area contributed by atoms with E-state index >= 15 is 0 Å². The molecule has 1 unspecified atom stereocenters. The summed E-state index contributed by atoms with van der Waals surface area (Å²) in [4.78, 5) is 4.31. The van der Waals surface area contributed by atoms with Crippen LogP contribution in [0.15, 0.2) is 12.3 Å². The normalized spacial score (nSPS) is 19.5. The molecule has 0 amide bonds. The predicted molar refractivity (Wildman–Crippen MR) is 61.4 cm³/mol. The van der Waals surface area contributed by atoms with Gasteiger partial charge in [0.15, 0.2) is 0 Å². The summed E-state index contributed by atoms with van der Waals surface area (Å²) in [5.41, 5.74) is 2.75. The van der Waals surface area contributed by atoms with Crippen LogP contribution in [0.25, 0.3) is 0 Å². The molecule has 82 valence electrons. The van der Waals surface area contributed by atoms with E-state index < -0.39 is 0 Å². The van der Waals surface area contributed by atoms with Crippen molar-refractivity contribution in [3.8, 4) is 5.88 Å². The molecular weight excluding hydrogens is 186 g/mol. The highest BCUT2D eigenvalue weighted by Gasteiger charge is 2.30. The SMILES string of the molecule is CC(C)c1ccnc2c1C(C(C)C)CO2. The molecule has 1 aliphatic heterocycles. The van der Waals surface area contributed by atoms with Crippen LogP contribution in [0.4, 0.5) is 0 Å². The number of aromatic nitrogens is 1. The number of nitrogens with zero attached hydrogens (tertiary/aromatic N) is 1. The van der Waals surface area contributed by atoms with E-state index in [1.54, 1.807) is 0 Å². The second-order valence-electron chi connectivity index (χ2n) is 4.94. The van der Waals surface area contributed by atoms with Crippen LogP contribution >= 0.6 is 0 Å². The van der Waals surface area contributed by atoms with Crippen LogP contribution in [0, 0.1) is 5.92 Å². The van der Waals surface area contributed by atoms with Gasteiger partial charge in [0.1, 0.15) is 0 Å². The molecule has 1 aromatic rings. The summed E-state index contributed by atoms with van der Waals surface area (Å²) in [5, 5.41) is 0. The highest BCUT2D eigenvalue weighted by molar-refractivity contribution is 5.42. The number of pyridine rings is 1. The van der Waals surface area contributed by atoms with E-state index in [0.29, 0.717) is 17.8 Å². The van der Waals surface area contributed by atoms with Crippen LogP contribution in [0.3, 0.4) is 0 Å². The third-order valence-electron chi connectivity index (χ3n) is 3.18. The van der Waals surface area contributed by atoms with Gasteiger partial charge in [0, 0.05) is 17.7 Å². The first-order valence-electron chi connectivity index (χ1n) is 5.72. The summed E-state index contributed by atoms with van der Waals surface area (Å²) >= 11 is 0. The number of ether oxygens (including phenoxy) is 1. The second kappa shape index (κ2) is 3.84. The largest absolute Gasteiger partial charge is 0.477 e. The first-order chi connectivity index (χ1) is 7.11. The van der Waals surface area contributed by atoms with Crippen molar-refractivity contribution in [1.29, 1.82) is 0 Å². The molecule has 2 heteroatoms. The van der Waals surface area contributed by atoms with Gasteiger partial charge in [-0.25, -0.2) is 4.98 Å². The van der Waals surface area contributed by atoms with Crippen LogP contribution in [0.1, 0.15) is 50.7 Å². The predicted octanol–water partition coefficient (Wildman–Crippen LogP) is 3.34. The Bertz CT molecular complexity index is 358. The third kappa shape index (κ3) is 1.73. The average molecular weight is 205 g/mol. The molecule has 15 heavy (non-hydrogen) atoms. The van der Waals surface area contributed by atoms with Crippen molar-refractivity contribution in [3.63, 3.8) is 0 Å². The van der Waals surface area contributed by atoms with Gasteiger partial charge in [-0.05, 0) is 23.5 Å². The maximum atomic E-state index is 5.65. The summed E-state index contributed by atoms with van der Waals surface area (Å²) in [7, 11) is 0. The molecule has 0 aliphatic carbocycles. The number of rotatable bonds is 2. The lowest BCUT2D eigenvalue weighted by molar-refractivity contribution is 0.296. The molecule has 0 aromatic carbocycles. The van der Waals surface area contributed by atoms with Gasteiger partial charge in [0.05, 0.1) is 6.61 Å². The molecule has 0 saturated carbocycles. The zero-order chi connectivity index (χ0) is 11.0. The third-order valence-corrected chi connectivity index (χ3v) is 3.18. The van der Waals surface area contributed by atoms with E-state index in [2.05, 4.69) is 38.7 Å². The summed E-state index contributed by atoms with van der Waals surface area (Å²) in [6, 6.07) is 2.13. The van der Waals surface area contributed by atoms with Gasteiger partial charge in [-0.1, -0.05) is 27.7 Å². The molecule has 1 aliphatic rings. The summed E-state index contributed by atoms with van der Waals surface area (Å²) in [6.07, 6.45) is 1.86. The maximum Gasteiger partial charge on any atom is 0.217 e. The Kier molecular flexibility index (Phi) is 2.68. The molecule has 2 nitrogen and oxygen atoms in total. The Labute approximate surface area is 91.7 Å². The first kappa shape index (κ1) is 10.5. The Morgan fingerprint density at radius 1 is 1.33 bits per heavy atom. The van der Waals surface area contributed by atoms with Crippen LogP contribution < -0.4 is 4.74 Å². The highest BCUT2D eigenvalue weighted by Crippen LogP contribution is 2.41. The van der Waals surface area contributed by atoms with E-state index in [-0.39, 0.29) is 0 Å². The van der Waals surface area contributed by atoms with Crippen LogP contribution in [0.2, 0.25) is 0 Å². The zero-order valence-corrected chi connectivity index (χ0v) is 9.95. The van der Waals surface area contributed by atoms with Crippen molar-refractivity contribution >= 4 is 0 Å². The van der Waals surface area contributed by atoms with Gasteiger partial charge in [-0.3, -0.25) is 0 Å². The number of fused-ring (bicyclic) bond motifs is 1. The smallest absolute Gasteiger partial charge is 0.217 e. The Hall–Kier alpha value is -1.05. The van der Waals surface area contributed by atoms with Gasteiger partial charge >= 0.3 is 0 Å². The lowest BCUT2D eigenvalue weighted by Gasteiger charge is -2.17. The lowest BCUT2D eigenvalue weighted by Crippen LogP contribution is -2.10. The summed E-state index contributed by atoms with van der Waals surface area (Å²) in [6.45, 7) is 9.75. The van der Waals surface area contributed by atoms with Crippen molar-refractivity contribution in [2.24, 2.45) is 5.92 Å². The monoisotopic (exact) mass is 205 g/mol. The summed E-state index contributed by atoms with van der Waals surface area (Å²) in [5.74, 6) is 2.55. The Morgan fingerprint density at radius 3 is 2.67 bits per heavy atom. The Balaban J connectivity index is 2.48. The fourth-order valence-corrected chi connectivity index (χ4v) is 2.24. The van der Waals surface area contributed by atoms with E-state index in [0.717, 1.165) is 12.5 Å². The molecule has 0 spiro atoms. The number of hydrogen-bond donors (Lipinski definition) is 0. The van der Waals surface area contributed by atoms with Crippen molar-refractivity contribution in [2.45, 2.75) is 39.5 Å². The van der Waals surface area contributed by atoms with E-state index in [4.69, 9.17) is 4.74 Å². The molecule has 2 rings (SSSR count). The quantitative estimate of drug-likeness (QED) is 0.738.